The molecule has 1 atom stereocenters. The van der Waals surface area contributed by atoms with Crippen LogP contribution < -0.4 is 9.47 Å². The summed E-state index contributed by atoms with van der Waals surface area (Å²) in [6.45, 7) is 0. The molecule has 0 aliphatic rings. The van der Waals surface area contributed by atoms with Gasteiger partial charge in [-0.3, -0.25) is 4.99 Å². The van der Waals surface area contributed by atoms with Crippen LogP contribution in [0, 0.1) is 0 Å². The molecule has 0 aromatic heterocycles. The van der Waals surface area contributed by atoms with Gasteiger partial charge in [0, 0.05) is 17.0 Å². The second-order valence-corrected chi connectivity index (χ2v) is 8.21. The number of carbonyl (C=O) groups excluding carboxylic acids is 1. The van der Waals surface area contributed by atoms with E-state index in [4.69, 9.17) is 19.2 Å². The second kappa shape index (κ2) is 11.8. The largest absolute Gasteiger partial charge is 0.497 e. The van der Waals surface area contributed by atoms with Crippen molar-refractivity contribution in [1.29, 1.82) is 0 Å². The van der Waals surface area contributed by atoms with Crippen molar-refractivity contribution in [2.75, 3.05) is 21.3 Å². The van der Waals surface area contributed by atoms with Gasteiger partial charge in [-0.1, -0.05) is 84.9 Å². The Morgan fingerprint density at radius 2 is 1.11 bits per heavy atom. The topological polar surface area (TPSA) is 57.1 Å². The van der Waals surface area contributed by atoms with Crippen molar-refractivity contribution >= 4 is 11.7 Å². The minimum Gasteiger partial charge on any atom is -0.497 e. The fraction of sp³-hybridized carbons (Fsp3) is 0.161. The standard InChI is InChI=1S/C31H29NO4/c1-34-26-18-10-16-24(20-26)28(25-17-11-19-27(21-25)35-2)30(31(33)36-3)32-29(22-12-6-4-7-13-22)23-14-8-5-9-15-23/h4-21,28,30H,1-3H3. The average Bonchev–Trinajstić information content (AvgIpc) is 2.95. The predicted octanol–water partition coefficient (Wildman–Crippen LogP) is 5.91. The van der Waals surface area contributed by atoms with E-state index in [-0.39, 0.29) is 0 Å². The molecule has 1 unspecified atom stereocenters. The number of benzene rings is 4. The molecule has 5 heteroatoms. The molecule has 4 aromatic carbocycles. The fourth-order valence-corrected chi connectivity index (χ4v) is 4.26. The molecule has 0 bridgehead atoms. The van der Waals surface area contributed by atoms with Crippen molar-refractivity contribution in [2.45, 2.75) is 12.0 Å². The molecular weight excluding hydrogens is 450 g/mol. The zero-order chi connectivity index (χ0) is 25.3. The second-order valence-electron chi connectivity index (χ2n) is 8.21. The van der Waals surface area contributed by atoms with Gasteiger partial charge in [0.05, 0.1) is 27.0 Å². The number of esters is 1. The Morgan fingerprint density at radius 1 is 0.639 bits per heavy atom. The molecular formula is C31H29NO4. The van der Waals surface area contributed by atoms with Gasteiger partial charge in [0.2, 0.25) is 0 Å². The van der Waals surface area contributed by atoms with Crippen molar-refractivity contribution in [2.24, 2.45) is 4.99 Å². The number of hydrogen-bond donors (Lipinski definition) is 0. The van der Waals surface area contributed by atoms with Crippen LogP contribution in [0.25, 0.3) is 0 Å². The Kier molecular flexibility index (Phi) is 8.14. The van der Waals surface area contributed by atoms with Gasteiger partial charge in [-0.25, -0.2) is 4.79 Å². The van der Waals surface area contributed by atoms with Crippen molar-refractivity contribution in [3.63, 3.8) is 0 Å². The zero-order valence-corrected chi connectivity index (χ0v) is 20.6. The molecule has 0 aliphatic carbocycles. The van der Waals surface area contributed by atoms with Crippen LogP contribution in [0.15, 0.2) is 114 Å². The number of aliphatic imine (C=N–C) groups is 1. The SMILES string of the molecule is COC(=O)C(N=C(c1ccccc1)c1ccccc1)C(c1cccc(OC)c1)c1cccc(OC)c1. The lowest BCUT2D eigenvalue weighted by Crippen LogP contribution is -2.30. The van der Waals surface area contributed by atoms with Crippen LogP contribution in [-0.4, -0.2) is 39.1 Å². The molecule has 0 spiro atoms. The van der Waals surface area contributed by atoms with Crippen LogP contribution >= 0.6 is 0 Å². The third-order valence-electron chi connectivity index (χ3n) is 6.03. The van der Waals surface area contributed by atoms with E-state index in [2.05, 4.69) is 0 Å². The molecule has 182 valence electrons. The summed E-state index contributed by atoms with van der Waals surface area (Å²) in [5, 5.41) is 0. The Balaban J connectivity index is 1.96. The van der Waals surface area contributed by atoms with E-state index < -0.39 is 17.9 Å². The molecule has 0 aliphatic heterocycles. The van der Waals surface area contributed by atoms with Crippen LogP contribution in [0.4, 0.5) is 0 Å². The van der Waals surface area contributed by atoms with Crippen LogP contribution in [-0.2, 0) is 9.53 Å². The van der Waals surface area contributed by atoms with Gasteiger partial charge in [0.1, 0.15) is 11.5 Å². The maximum absolute atomic E-state index is 13.4. The minimum atomic E-state index is -0.871. The van der Waals surface area contributed by atoms with Gasteiger partial charge < -0.3 is 14.2 Å². The normalized spacial score (nSPS) is 11.4. The lowest BCUT2D eigenvalue weighted by atomic mass is 9.84. The monoisotopic (exact) mass is 479 g/mol. The molecule has 36 heavy (non-hydrogen) atoms. The zero-order valence-electron chi connectivity index (χ0n) is 20.6. The molecule has 0 heterocycles. The number of carbonyl (C=O) groups is 1. The first-order valence-corrected chi connectivity index (χ1v) is 11.7. The molecule has 4 rings (SSSR count). The van der Waals surface area contributed by atoms with Gasteiger partial charge in [0.15, 0.2) is 6.04 Å². The Bertz CT molecular complexity index is 1230. The van der Waals surface area contributed by atoms with Gasteiger partial charge in [0.25, 0.3) is 0 Å². The number of hydrogen-bond acceptors (Lipinski definition) is 5. The molecule has 0 amide bonds. The lowest BCUT2D eigenvalue weighted by Gasteiger charge is -2.25. The third kappa shape index (κ3) is 5.63. The van der Waals surface area contributed by atoms with E-state index in [0.717, 1.165) is 22.3 Å². The van der Waals surface area contributed by atoms with Crippen molar-refractivity contribution in [3.05, 3.63) is 131 Å². The van der Waals surface area contributed by atoms with Crippen molar-refractivity contribution in [3.8, 4) is 11.5 Å². The van der Waals surface area contributed by atoms with Gasteiger partial charge in [-0.05, 0) is 35.4 Å². The number of methoxy groups -OCH3 is 3. The maximum atomic E-state index is 13.4. The smallest absolute Gasteiger partial charge is 0.331 e. The van der Waals surface area contributed by atoms with Crippen molar-refractivity contribution < 1.29 is 19.0 Å². The quantitative estimate of drug-likeness (QED) is 0.221. The maximum Gasteiger partial charge on any atom is 0.331 e. The number of ether oxygens (including phenoxy) is 3. The van der Waals surface area contributed by atoms with Crippen molar-refractivity contribution in [1.82, 2.24) is 0 Å². The number of rotatable bonds is 9. The summed E-state index contributed by atoms with van der Waals surface area (Å²) in [5.74, 6) is 0.499. The first kappa shape index (κ1) is 24.7. The highest BCUT2D eigenvalue weighted by atomic mass is 16.5. The molecule has 0 radical (unpaired) electrons. The van der Waals surface area contributed by atoms with E-state index in [1.54, 1.807) is 14.2 Å². The summed E-state index contributed by atoms with van der Waals surface area (Å²) >= 11 is 0. The summed E-state index contributed by atoms with van der Waals surface area (Å²) in [7, 11) is 4.64. The van der Waals surface area contributed by atoms with Gasteiger partial charge >= 0.3 is 5.97 Å². The highest BCUT2D eigenvalue weighted by Crippen LogP contribution is 2.35. The van der Waals surface area contributed by atoms with Crippen LogP contribution in [0.5, 0.6) is 11.5 Å². The Morgan fingerprint density at radius 3 is 1.53 bits per heavy atom. The van der Waals surface area contributed by atoms with E-state index in [1.165, 1.54) is 7.11 Å². The van der Waals surface area contributed by atoms with E-state index >= 15 is 0 Å². The number of nitrogens with zero attached hydrogens (tertiary/aromatic N) is 1. The lowest BCUT2D eigenvalue weighted by molar-refractivity contribution is -0.142. The van der Waals surface area contributed by atoms with Gasteiger partial charge in [-0.15, -0.1) is 0 Å². The summed E-state index contributed by atoms with van der Waals surface area (Å²) in [5.41, 5.74) is 4.28. The van der Waals surface area contributed by atoms with E-state index in [1.807, 2.05) is 109 Å². The first-order valence-electron chi connectivity index (χ1n) is 11.7. The summed E-state index contributed by atoms with van der Waals surface area (Å²) in [6, 6.07) is 34.2. The van der Waals surface area contributed by atoms with Crippen LogP contribution in [0.2, 0.25) is 0 Å². The predicted molar refractivity (Wildman–Crippen MR) is 142 cm³/mol. The minimum absolute atomic E-state index is 0.435. The van der Waals surface area contributed by atoms with E-state index in [0.29, 0.717) is 17.2 Å². The third-order valence-corrected chi connectivity index (χ3v) is 6.03. The molecule has 0 N–H and O–H groups in total. The highest BCUT2D eigenvalue weighted by molar-refractivity contribution is 6.13. The molecule has 0 saturated carbocycles. The van der Waals surface area contributed by atoms with Crippen LogP contribution in [0.3, 0.4) is 0 Å². The Hall–Kier alpha value is -4.38. The Labute approximate surface area is 212 Å². The summed E-state index contributed by atoms with van der Waals surface area (Å²) in [4.78, 5) is 18.5. The van der Waals surface area contributed by atoms with Crippen LogP contribution in [0.1, 0.15) is 28.2 Å². The molecule has 5 nitrogen and oxygen atoms in total. The molecule has 0 saturated heterocycles. The summed E-state index contributed by atoms with van der Waals surface area (Å²) in [6.07, 6.45) is 0. The van der Waals surface area contributed by atoms with Gasteiger partial charge in [-0.2, -0.15) is 0 Å². The molecule has 4 aromatic rings. The highest BCUT2D eigenvalue weighted by Gasteiger charge is 2.33. The average molecular weight is 480 g/mol. The molecule has 0 fully saturated rings. The fourth-order valence-electron chi connectivity index (χ4n) is 4.26. The first-order chi connectivity index (χ1) is 17.6. The van der Waals surface area contributed by atoms with E-state index in [9.17, 15) is 4.79 Å². The summed E-state index contributed by atoms with van der Waals surface area (Å²) < 4.78 is 16.3.